The largest absolute Gasteiger partial charge is 0.460 e. The lowest BCUT2D eigenvalue weighted by Crippen LogP contribution is -2.33. The third kappa shape index (κ3) is 4.36. The van der Waals surface area contributed by atoms with E-state index in [4.69, 9.17) is 4.74 Å². The molecule has 1 aromatic heterocycles. The molecule has 0 saturated heterocycles. The number of thioether (sulfide) groups is 1. The second kappa shape index (κ2) is 8.81. The fraction of sp³-hybridized carbons (Fsp3) is 0.190. The number of hydrogen-bond donors (Lipinski definition) is 0. The summed E-state index contributed by atoms with van der Waals surface area (Å²) in [7, 11) is -3.92. The summed E-state index contributed by atoms with van der Waals surface area (Å²) >= 11 is 3.08. The number of fused-ring (bicyclic) bond motifs is 1. The van der Waals surface area contributed by atoms with Crippen LogP contribution in [0.2, 0.25) is 0 Å². The van der Waals surface area contributed by atoms with Gasteiger partial charge in [0, 0.05) is 16.8 Å². The zero-order chi connectivity index (χ0) is 22.0. The summed E-state index contributed by atoms with van der Waals surface area (Å²) in [6, 6.07) is 13.1. The van der Waals surface area contributed by atoms with Crippen LogP contribution in [0.1, 0.15) is 32.0 Å². The van der Waals surface area contributed by atoms with Crippen LogP contribution in [-0.4, -0.2) is 42.7 Å². The Morgan fingerprint density at radius 2 is 1.90 bits per heavy atom. The highest BCUT2D eigenvalue weighted by Crippen LogP contribution is 2.30. The van der Waals surface area contributed by atoms with E-state index in [-0.39, 0.29) is 23.6 Å². The molecule has 7 nitrogen and oxygen atoms in total. The van der Waals surface area contributed by atoms with Crippen molar-refractivity contribution in [2.24, 2.45) is 0 Å². The molecule has 1 amide bonds. The van der Waals surface area contributed by atoms with Crippen molar-refractivity contribution in [1.82, 2.24) is 9.29 Å². The molecular formula is C21H18N2O5S3. The second-order valence-electron chi connectivity index (χ2n) is 6.72. The summed E-state index contributed by atoms with van der Waals surface area (Å²) in [6.07, 6.45) is 0. The summed E-state index contributed by atoms with van der Waals surface area (Å²) < 4.78 is 32.1. The molecule has 3 aromatic rings. The van der Waals surface area contributed by atoms with Gasteiger partial charge in [0.15, 0.2) is 0 Å². The highest BCUT2D eigenvalue weighted by atomic mass is 32.2. The normalized spacial score (nSPS) is 14.5. The first-order valence-corrected chi connectivity index (χ1v) is 12.6. The molecule has 1 aliphatic heterocycles. The van der Waals surface area contributed by atoms with Gasteiger partial charge in [-0.3, -0.25) is 4.79 Å². The van der Waals surface area contributed by atoms with Crippen molar-refractivity contribution in [3.63, 3.8) is 0 Å². The van der Waals surface area contributed by atoms with Crippen LogP contribution < -0.4 is 0 Å². The number of carbonyl (C=O) groups is 2. The Balaban J connectivity index is 1.39. The molecule has 0 fully saturated rings. The molecule has 0 spiro atoms. The van der Waals surface area contributed by atoms with Crippen molar-refractivity contribution in [1.29, 1.82) is 0 Å². The summed E-state index contributed by atoms with van der Waals surface area (Å²) in [5, 5.41) is 1.97. The van der Waals surface area contributed by atoms with Crippen molar-refractivity contribution in [2.75, 3.05) is 13.2 Å². The molecule has 0 aliphatic carbocycles. The van der Waals surface area contributed by atoms with Gasteiger partial charge < -0.3 is 4.74 Å². The minimum atomic E-state index is -3.92. The van der Waals surface area contributed by atoms with E-state index >= 15 is 0 Å². The number of aromatic nitrogens is 1. The Labute approximate surface area is 188 Å². The molecular weight excluding hydrogens is 456 g/mol. The average molecular weight is 475 g/mol. The second-order valence-corrected chi connectivity index (χ2v) is 10.6. The van der Waals surface area contributed by atoms with Crippen molar-refractivity contribution in [3.8, 4) is 0 Å². The van der Waals surface area contributed by atoms with Crippen LogP contribution in [0.5, 0.6) is 0 Å². The quantitative estimate of drug-likeness (QED) is 0.380. The van der Waals surface area contributed by atoms with Crippen LogP contribution in [0.3, 0.4) is 0 Å². The highest BCUT2D eigenvalue weighted by molar-refractivity contribution is 8.00. The van der Waals surface area contributed by atoms with Gasteiger partial charge in [-0.1, -0.05) is 42.1 Å². The first-order valence-electron chi connectivity index (χ1n) is 9.34. The summed E-state index contributed by atoms with van der Waals surface area (Å²) in [4.78, 5) is 29.4. The first-order chi connectivity index (χ1) is 14.9. The lowest BCUT2D eigenvalue weighted by atomic mass is 10.1. The number of benzene rings is 2. The SMILES string of the molecule is Cc1csc(SCc2ccccc2C(=O)OCCN2C(=O)c3ccccc3S2(=O)=O)n1. The molecule has 10 heteroatoms. The van der Waals surface area contributed by atoms with Crippen LogP contribution in [0, 0.1) is 6.92 Å². The van der Waals surface area contributed by atoms with E-state index in [1.807, 2.05) is 24.4 Å². The number of nitrogens with zero attached hydrogens (tertiary/aromatic N) is 2. The van der Waals surface area contributed by atoms with Gasteiger partial charge in [-0.2, -0.15) is 0 Å². The minimum absolute atomic E-state index is 0.0221. The Bertz CT molecular complexity index is 1250. The Morgan fingerprint density at radius 3 is 2.65 bits per heavy atom. The number of hydrogen-bond acceptors (Lipinski definition) is 8. The van der Waals surface area contributed by atoms with Gasteiger partial charge >= 0.3 is 5.97 Å². The number of thiazole rings is 1. The number of sulfonamides is 1. The number of ether oxygens (including phenoxy) is 1. The molecule has 0 saturated carbocycles. The zero-order valence-electron chi connectivity index (χ0n) is 16.5. The number of aryl methyl sites for hydroxylation is 1. The third-order valence-electron chi connectivity index (χ3n) is 4.63. The van der Waals surface area contributed by atoms with Crippen molar-refractivity contribution >= 4 is 45.0 Å². The first kappa shape index (κ1) is 21.5. The molecule has 31 heavy (non-hydrogen) atoms. The van der Waals surface area contributed by atoms with Gasteiger partial charge in [0.25, 0.3) is 15.9 Å². The van der Waals surface area contributed by atoms with Gasteiger partial charge in [-0.25, -0.2) is 22.5 Å². The zero-order valence-corrected chi connectivity index (χ0v) is 18.9. The van der Waals surface area contributed by atoms with E-state index in [1.165, 1.54) is 23.9 Å². The maximum Gasteiger partial charge on any atom is 0.338 e. The van der Waals surface area contributed by atoms with Crippen LogP contribution in [-0.2, 0) is 20.5 Å². The van der Waals surface area contributed by atoms with Gasteiger partial charge in [0.05, 0.1) is 17.7 Å². The third-order valence-corrected chi connectivity index (χ3v) is 8.65. The minimum Gasteiger partial charge on any atom is -0.460 e. The fourth-order valence-electron chi connectivity index (χ4n) is 3.13. The van der Waals surface area contributed by atoms with Crippen LogP contribution in [0.4, 0.5) is 0 Å². The van der Waals surface area contributed by atoms with E-state index in [9.17, 15) is 18.0 Å². The monoisotopic (exact) mass is 474 g/mol. The van der Waals surface area contributed by atoms with E-state index in [1.54, 1.807) is 35.6 Å². The predicted molar refractivity (Wildman–Crippen MR) is 118 cm³/mol. The Kier molecular flexibility index (Phi) is 6.12. The molecule has 2 aromatic carbocycles. The maximum atomic E-state index is 12.6. The fourth-order valence-corrected chi connectivity index (χ4v) is 6.54. The smallest absolute Gasteiger partial charge is 0.338 e. The molecule has 0 N–H and O–H groups in total. The van der Waals surface area contributed by atoms with E-state index < -0.39 is 21.9 Å². The van der Waals surface area contributed by atoms with E-state index in [2.05, 4.69) is 4.98 Å². The molecule has 2 heterocycles. The number of carbonyl (C=O) groups excluding carboxylic acids is 2. The molecule has 0 unspecified atom stereocenters. The van der Waals surface area contributed by atoms with Gasteiger partial charge in [0.2, 0.25) is 0 Å². The molecule has 0 atom stereocenters. The number of esters is 1. The van der Waals surface area contributed by atoms with Gasteiger partial charge in [0.1, 0.15) is 15.8 Å². The summed E-state index contributed by atoms with van der Waals surface area (Å²) in [6.45, 7) is 1.46. The Hall–Kier alpha value is -2.69. The Morgan fingerprint density at radius 1 is 1.16 bits per heavy atom. The lowest BCUT2D eigenvalue weighted by molar-refractivity contribution is 0.0477. The van der Waals surface area contributed by atoms with Gasteiger partial charge in [-0.05, 0) is 30.7 Å². The van der Waals surface area contributed by atoms with E-state index in [0.717, 1.165) is 19.9 Å². The lowest BCUT2D eigenvalue weighted by Gasteiger charge is -2.15. The standard InChI is InChI=1S/C21H18N2O5S3/c1-14-12-29-21(22-14)30-13-15-6-2-3-7-16(15)20(25)28-11-10-23-19(24)17-8-4-5-9-18(17)31(23,26)27/h2-9,12H,10-11,13H2,1H3. The molecule has 160 valence electrons. The van der Waals surface area contributed by atoms with Gasteiger partial charge in [-0.15, -0.1) is 11.3 Å². The molecule has 1 aliphatic rings. The topological polar surface area (TPSA) is 93.6 Å². The molecule has 4 rings (SSSR count). The molecule has 0 radical (unpaired) electrons. The van der Waals surface area contributed by atoms with E-state index in [0.29, 0.717) is 11.3 Å². The summed E-state index contributed by atoms with van der Waals surface area (Å²) in [5.41, 5.74) is 2.28. The number of amides is 1. The van der Waals surface area contributed by atoms with Crippen LogP contribution in [0.25, 0.3) is 0 Å². The highest BCUT2D eigenvalue weighted by Gasteiger charge is 2.40. The van der Waals surface area contributed by atoms with Crippen molar-refractivity contribution in [2.45, 2.75) is 21.9 Å². The maximum absolute atomic E-state index is 12.6. The van der Waals surface area contributed by atoms with Crippen LogP contribution >= 0.6 is 23.1 Å². The molecule has 0 bridgehead atoms. The average Bonchev–Trinajstić information content (AvgIpc) is 3.27. The van der Waals surface area contributed by atoms with Crippen molar-refractivity contribution in [3.05, 3.63) is 76.3 Å². The summed E-state index contributed by atoms with van der Waals surface area (Å²) in [5.74, 6) is -0.623. The van der Waals surface area contributed by atoms with Crippen molar-refractivity contribution < 1.29 is 22.7 Å². The number of rotatable bonds is 7. The van der Waals surface area contributed by atoms with Crippen LogP contribution in [0.15, 0.2) is 63.1 Å². The predicted octanol–water partition coefficient (Wildman–Crippen LogP) is 3.75.